The number of fused-ring (bicyclic) bond motifs is 1. The normalized spacial score (nSPS) is 11.0. The lowest BCUT2D eigenvalue weighted by Gasteiger charge is -2.05. The molecule has 0 spiro atoms. The van der Waals surface area contributed by atoms with Crippen molar-refractivity contribution >= 4 is 34.6 Å². The van der Waals surface area contributed by atoms with Crippen molar-refractivity contribution in [1.82, 2.24) is 10.4 Å². The lowest BCUT2D eigenvalue weighted by molar-refractivity contribution is 0.0951. The lowest BCUT2D eigenvalue weighted by Crippen LogP contribution is -2.26. The van der Waals surface area contributed by atoms with Gasteiger partial charge >= 0.3 is 0 Å². The largest absolute Gasteiger partial charge is 0.506 e. The zero-order valence-electron chi connectivity index (χ0n) is 12.3. The molecule has 1 aromatic heterocycles. The summed E-state index contributed by atoms with van der Waals surface area (Å²) in [6.07, 6.45) is 1.38. The van der Waals surface area contributed by atoms with E-state index < -0.39 is 17.0 Å². The van der Waals surface area contributed by atoms with Crippen LogP contribution >= 0.6 is 11.6 Å². The van der Waals surface area contributed by atoms with E-state index in [-0.39, 0.29) is 5.75 Å². The number of aromatic amines is 1. The van der Waals surface area contributed by atoms with Crippen LogP contribution < -0.4 is 11.0 Å². The first-order valence-electron chi connectivity index (χ1n) is 6.99. The van der Waals surface area contributed by atoms with Crippen molar-refractivity contribution in [2.24, 2.45) is 5.10 Å². The van der Waals surface area contributed by atoms with Gasteiger partial charge in [-0.05, 0) is 29.8 Å². The number of amides is 1. The highest BCUT2D eigenvalue weighted by atomic mass is 35.5. The molecule has 1 amide bonds. The number of carbonyl (C=O) groups is 1. The highest BCUT2D eigenvalue weighted by Gasteiger charge is 2.18. The van der Waals surface area contributed by atoms with Crippen LogP contribution in [0.3, 0.4) is 0 Å². The van der Waals surface area contributed by atoms with Gasteiger partial charge in [0.15, 0.2) is 0 Å². The number of nitrogens with one attached hydrogen (secondary N) is 2. The molecule has 0 aliphatic rings. The molecule has 0 atom stereocenters. The first-order valence-corrected chi connectivity index (χ1v) is 7.37. The van der Waals surface area contributed by atoms with Crippen molar-refractivity contribution in [2.45, 2.75) is 0 Å². The third-order valence-electron chi connectivity index (χ3n) is 3.35. The number of benzene rings is 2. The first kappa shape index (κ1) is 15.8. The standard InChI is InChI=1S/C17H12ClN3O3/c18-11-5-3-4-10(8-11)9-19-21-17(24)14-15(22)12-6-1-2-7-13(12)20-16(14)23/h1-9H,(H,21,24)(H2,20,22,23)/b19-9-. The van der Waals surface area contributed by atoms with Gasteiger partial charge in [-0.15, -0.1) is 0 Å². The van der Waals surface area contributed by atoms with E-state index in [0.29, 0.717) is 21.5 Å². The highest BCUT2D eigenvalue weighted by Crippen LogP contribution is 2.24. The summed E-state index contributed by atoms with van der Waals surface area (Å²) in [5, 5.41) is 14.9. The van der Waals surface area contributed by atoms with Gasteiger partial charge in [0, 0.05) is 10.4 Å². The van der Waals surface area contributed by atoms with Crippen molar-refractivity contribution in [3.8, 4) is 5.75 Å². The van der Waals surface area contributed by atoms with Crippen LogP contribution in [-0.4, -0.2) is 22.2 Å². The smallest absolute Gasteiger partial charge is 0.280 e. The van der Waals surface area contributed by atoms with E-state index in [1.807, 2.05) is 0 Å². The number of hydrogen-bond acceptors (Lipinski definition) is 4. The number of pyridine rings is 1. The van der Waals surface area contributed by atoms with Crippen LogP contribution in [0.15, 0.2) is 58.4 Å². The number of nitrogens with zero attached hydrogens (tertiary/aromatic N) is 1. The van der Waals surface area contributed by atoms with Crippen LogP contribution in [0, 0.1) is 0 Å². The first-order chi connectivity index (χ1) is 11.6. The van der Waals surface area contributed by atoms with E-state index >= 15 is 0 Å². The Morgan fingerprint density at radius 3 is 2.79 bits per heavy atom. The minimum Gasteiger partial charge on any atom is -0.506 e. The van der Waals surface area contributed by atoms with E-state index in [2.05, 4.69) is 15.5 Å². The van der Waals surface area contributed by atoms with E-state index in [0.717, 1.165) is 0 Å². The molecule has 1 heterocycles. The Hall–Kier alpha value is -3.12. The van der Waals surface area contributed by atoms with Gasteiger partial charge in [-0.1, -0.05) is 35.9 Å². The highest BCUT2D eigenvalue weighted by molar-refractivity contribution is 6.30. The van der Waals surface area contributed by atoms with E-state index in [1.54, 1.807) is 48.5 Å². The summed E-state index contributed by atoms with van der Waals surface area (Å²) in [5.74, 6) is -1.19. The molecule has 24 heavy (non-hydrogen) atoms. The number of halogens is 1. The molecular formula is C17H12ClN3O3. The van der Waals surface area contributed by atoms with Gasteiger partial charge < -0.3 is 10.1 Å². The fourth-order valence-corrected chi connectivity index (χ4v) is 2.44. The van der Waals surface area contributed by atoms with Crippen LogP contribution in [0.25, 0.3) is 10.9 Å². The van der Waals surface area contributed by atoms with Crippen LogP contribution in [0.5, 0.6) is 5.75 Å². The molecular weight excluding hydrogens is 330 g/mol. The third-order valence-corrected chi connectivity index (χ3v) is 3.58. The van der Waals surface area contributed by atoms with Crippen molar-refractivity contribution < 1.29 is 9.90 Å². The second kappa shape index (κ2) is 6.55. The maximum atomic E-state index is 12.2. The number of aromatic hydroxyl groups is 1. The summed E-state index contributed by atoms with van der Waals surface area (Å²) in [5.41, 5.74) is 2.26. The maximum absolute atomic E-state index is 12.2. The topological polar surface area (TPSA) is 94.5 Å². The molecule has 3 N–H and O–H groups in total. The monoisotopic (exact) mass is 341 g/mol. The molecule has 0 saturated heterocycles. The van der Waals surface area contributed by atoms with Gasteiger partial charge in [-0.25, -0.2) is 5.43 Å². The minimum atomic E-state index is -0.808. The zero-order valence-corrected chi connectivity index (χ0v) is 13.0. The van der Waals surface area contributed by atoms with Crippen molar-refractivity contribution in [2.75, 3.05) is 0 Å². The van der Waals surface area contributed by atoms with Gasteiger partial charge in [0.2, 0.25) is 0 Å². The molecule has 0 fully saturated rings. The van der Waals surface area contributed by atoms with Crippen LogP contribution in [0.1, 0.15) is 15.9 Å². The van der Waals surface area contributed by atoms with Gasteiger partial charge in [-0.2, -0.15) is 5.10 Å². The minimum absolute atomic E-state index is 0.376. The Morgan fingerprint density at radius 2 is 2.00 bits per heavy atom. The predicted molar refractivity (Wildman–Crippen MR) is 92.7 cm³/mol. The second-order valence-electron chi connectivity index (χ2n) is 4.98. The number of carbonyl (C=O) groups excluding carboxylic acids is 1. The Balaban J connectivity index is 1.88. The summed E-state index contributed by atoms with van der Waals surface area (Å²) in [6.45, 7) is 0. The molecule has 0 aliphatic carbocycles. The van der Waals surface area contributed by atoms with Gasteiger partial charge in [0.1, 0.15) is 11.3 Å². The molecule has 0 radical (unpaired) electrons. The number of aromatic nitrogens is 1. The average molecular weight is 342 g/mol. The van der Waals surface area contributed by atoms with Crippen LogP contribution in [-0.2, 0) is 0 Å². The number of hydrogen-bond donors (Lipinski definition) is 3. The second-order valence-corrected chi connectivity index (χ2v) is 5.41. The molecule has 2 aromatic carbocycles. The molecule has 120 valence electrons. The fraction of sp³-hybridized carbons (Fsp3) is 0. The average Bonchev–Trinajstić information content (AvgIpc) is 2.55. The zero-order chi connectivity index (χ0) is 17.1. The molecule has 7 heteroatoms. The quantitative estimate of drug-likeness (QED) is 0.505. The number of para-hydroxylation sites is 1. The molecule has 0 saturated carbocycles. The van der Waals surface area contributed by atoms with E-state index in [1.165, 1.54) is 6.21 Å². The Kier molecular flexibility index (Phi) is 4.31. The SMILES string of the molecule is O=C(N/N=C\c1cccc(Cl)c1)c1c(O)c2ccccc2[nH]c1=O. The Morgan fingerprint density at radius 1 is 1.21 bits per heavy atom. The summed E-state index contributed by atoms with van der Waals surface area (Å²) in [7, 11) is 0. The molecule has 0 unspecified atom stereocenters. The van der Waals surface area contributed by atoms with E-state index in [4.69, 9.17) is 11.6 Å². The van der Waals surface area contributed by atoms with Crippen molar-refractivity contribution in [1.29, 1.82) is 0 Å². The van der Waals surface area contributed by atoms with E-state index in [9.17, 15) is 14.7 Å². The summed E-state index contributed by atoms with van der Waals surface area (Å²) in [6, 6.07) is 13.5. The summed E-state index contributed by atoms with van der Waals surface area (Å²) in [4.78, 5) is 26.7. The number of rotatable bonds is 3. The van der Waals surface area contributed by atoms with Gasteiger partial charge in [0.05, 0.1) is 11.7 Å². The predicted octanol–water partition coefficient (Wildman–Crippen LogP) is 2.65. The molecule has 0 bridgehead atoms. The maximum Gasteiger partial charge on any atom is 0.280 e. The van der Waals surface area contributed by atoms with Crippen LogP contribution in [0.4, 0.5) is 0 Å². The summed E-state index contributed by atoms with van der Waals surface area (Å²) < 4.78 is 0. The van der Waals surface area contributed by atoms with Crippen LogP contribution in [0.2, 0.25) is 5.02 Å². The molecule has 3 rings (SSSR count). The number of hydrazone groups is 1. The number of H-pyrrole nitrogens is 1. The van der Waals surface area contributed by atoms with Crippen molar-refractivity contribution in [3.63, 3.8) is 0 Å². The molecule has 0 aliphatic heterocycles. The Bertz CT molecular complexity index is 1010. The Labute approximate surface area is 141 Å². The van der Waals surface area contributed by atoms with Gasteiger partial charge in [-0.3, -0.25) is 9.59 Å². The van der Waals surface area contributed by atoms with Gasteiger partial charge in [0.25, 0.3) is 11.5 Å². The molecule has 3 aromatic rings. The lowest BCUT2D eigenvalue weighted by atomic mass is 10.1. The summed E-state index contributed by atoms with van der Waals surface area (Å²) >= 11 is 5.85. The fourth-order valence-electron chi connectivity index (χ4n) is 2.24. The third kappa shape index (κ3) is 3.13. The van der Waals surface area contributed by atoms with Crippen molar-refractivity contribution in [3.05, 3.63) is 75.0 Å². The molecule has 6 nitrogen and oxygen atoms in total.